The first-order valence-corrected chi connectivity index (χ1v) is 5.11. The zero-order chi connectivity index (χ0) is 12.3. The van der Waals surface area contributed by atoms with Crippen LogP contribution in [0.4, 0.5) is 11.5 Å². The van der Waals surface area contributed by atoms with Crippen molar-refractivity contribution < 1.29 is 4.79 Å². The molecule has 0 aliphatic carbocycles. The van der Waals surface area contributed by atoms with Crippen molar-refractivity contribution in [3.8, 4) is 0 Å². The van der Waals surface area contributed by atoms with E-state index in [1.165, 1.54) is 6.20 Å². The Morgan fingerprint density at radius 1 is 1.29 bits per heavy atom. The first kappa shape index (κ1) is 11.1. The lowest BCUT2D eigenvalue weighted by atomic mass is 10.2. The van der Waals surface area contributed by atoms with E-state index in [1.54, 1.807) is 24.4 Å². The van der Waals surface area contributed by atoms with Crippen molar-refractivity contribution in [2.45, 2.75) is 6.92 Å². The number of hydrogen-bond donors (Lipinski definition) is 2. The molecule has 17 heavy (non-hydrogen) atoms. The number of anilines is 2. The number of pyridine rings is 2. The van der Waals surface area contributed by atoms with Crippen molar-refractivity contribution in [2.75, 3.05) is 11.1 Å². The maximum atomic E-state index is 11.9. The van der Waals surface area contributed by atoms with Crippen molar-refractivity contribution in [3.63, 3.8) is 0 Å². The van der Waals surface area contributed by atoms with Crippen molar-refractivity contribution in [1.82, 2.24) is 9.97 Å². The Labute approximate surface area is 98.7 Å². The van der Waals surface area contributed by atoms with Gasteiger partial charge in [-0.2, -0.15) is 0 Å². The van der Waals surface area contributed by atoms with Gasteiger partial charge in [-0.25, -0.2) is 4.98 Å². The van der Waals surface area contributed by atoms with E-state index in [4.69, 9.17) is 5.73 Å². The first-order chi connectivity index (χ1) is 8.16. The SMILES string of the molecule is Cc1cccnc1C(=O)Nc1ccc(N)cn1. The number of aromatic nitrogens is 2. The number of nitrogens with two attached hydrogens (primary N) is 1. The number of nitrogens with zero attached hydrogens (tertiary/aromatic N) is 2. The van der Waals surface area contributed by atoms with Crippen LogP contribution in [0.5, 0.6) is 0 Å². The van der Waals surface area contributed by atoms with Gasteiger partial charge in [0.2, 0.25) is 0 Å². The van der Waals surface area contributed by atoms with Crippen LogP contribution in [0.3, 0.4) is 0 Å². The minimum Gasteiger partial charge on any atom is -0.397 e. The molecule has 1 amide bonds. The molecule has 0 aromatic carbocycles. The van der Waals surface area contributed by atoms with Crippen molar-refractivity contribution in [2.24, 2.45) is 0 Å². The highest BCUT2D eigenvalue weighted by Gasteiger charge is 2.10. The fraction of sp³-hybridized carbons (Fsp3) is 0.0833. The quantitative estimate of drug-likeness (QED) is 0.818. The summed E-state index contributed by atoms with van der Waals surface area (Å²) in [4.78, 5) is 19.9. The van der Waals surface area contributed by atoms with Crippen molar-refractivity contribution in [3.05, 3.63) is 47.9 Å². The van der Waals surface area contributed by atoms with Gasteiger partial charge in [-0.3, -0.25) is 9.78 Å². The Morgan fingerprint density at radius 2 is 2.12 bits per heavy atom. The molecule has 0 fully saturated rings. The molecule has 5 heteroatoms. The fourth-order valence-corrected chi connectivity index (χ4v) is 1.38. The summed E-state index contributed by atoms with van der Waals surface area (Å²) in [5.41, 5.74) is 7.27. The number of carbonyl (C=O) groups excluding carboxylic acids is 1. The number of nitrogen functional groups attached to an aromatic ring is 1. The van der Waals surface area contributed by atoms with Crippen LogP contribution >= 0.6 is 0 Å². The predicted octanol–water partition coefficient (Wildman–Crippen LogP) is 1.62. The number of rotatable bonds is 2. The van der Waals surface area contributed by atoms with Gasteiger partial charge in [0.1, 0.15) is 11.5 Å². The van der Waals surface area contributed by atoms with E-state index in [2.05, 4.69) is 15.3 Å². The summed E-state index contributed by atoms with van der Waals surface area (Å²) in [6, 6.07) is 6.94. The lowest BCUT2D eigenvalue weighted by Crippen LogP contribution is -2.15. The molecule has 86 valence electrons. The summed E-state index contributed by atoms with van der Waals surface area (Å²) in [5, 5.41) is 2.66. The molecule has 3 N–H and O–H groups in total. The molecule has 5 nitrogen and oxygen atoms in total. The summed E-state index contributed by atoms with van der Waals surface area (Å²) in [6.07, 6.45) is 3.07. The topological polar surface area (TPSA) is 80.9 Å². The number of nitrogens with one attached hydrogen (secondary N) is 1. The highest BCUT2D eigenvalue weighted by molar-refractivity contribution is 6.03. The number of hydrogen-bond acceptors (Lipinski definition) is 4. The molecule has 0 atom stereocenters. The maximum Gasteiger partial charge on any atom is 0.275 e. The minimum atomic E-state index is -0.277. The van der Waals surface area contributed by atoms with Crippen LogP contribution in [0.15, 0.2) is 36.7 Å². The minimum absolute atomic E-state index is 0.277. The summed E-state index contributed by atoms with van der Waals surface area (Å²) in [5.74, 6) is 0.176. The molecule has 0 saturated heterocycles. The lowest BCUT2D eigenvalue weighted by Gasteiger charge is -2.05. The molecule has 2 rings (SSSR count). The van der Waals surface area contributed by atoms with E-state index in [-0.39, 0.29) is 5.91 Å². The van der Waals surface area contributed by atoms with Gasteiger partial charge in [-0.15, -0.1) is 0 Å². The average molecular weight is 228 g/mol. The first-order valence-electron chi connectivity index (χ1n) is 5.11. The van der Waals surface area contributed by atoms with Gasteiger partial charge in [0.15, 0.2) is 0 Å². The van der Waals surface area contributed by atoms with E-state index in [1.807, 2.05) is 13.0 Å². The van der Waals surface area contributed by atoms with Crippen LogP contribution in [0.2, 0.25) is 0 Å². The summed E-state index contributed by atoms with van der Waals surface area (Å²) < 4.78 is 0. The second-order valence-electron chi connectivity index (χ2n) is 3.60. The Bertz CT molecular complexity index is 536. The zero-order valence-corrected chi connectivity index (χ0v) is 9.34. The Morgan fingerprint density at radius 3 is 2.76 bits per heavy atom. The molecule has 0 aliphatic rings. The van der Waals surface area contributed by atoms with E-state index >= 15 is 0 Å². The van der Waals surface area contributed by atoms with Crippen LogP contribution in [-0.4, -0.2) is 15.9 Å². The molecule has 0 bridgehead atoms. The van der Waals surface area contributed by atoms with Crippen LogP contribution in [-0.2, 0) is 0 Å². The number of carbonyl (C=O) groups is 1. The third kappa shape index (κ3) is 2.57. The predicted molar refractivity (Wildman–Crippen MR) is 65.6 cm³/mol. The molecular formula is C12H12N4O. The normalized spacial score (nSPS) is 9.94. The molecule has 0 spiro atoms. The van der Waals surface area contributed by atoms with Crippen LogP contribution < -0.4 is 11.1 Å². The standard InChI is InChI=1S/C12H12N4O/c1-8-3-2-6-14-11(8)12(17)16-10-5-4-9(13)7-15-10/h2-7H,13H2,1H3,(H,15,16,17). The lowest BCUT2D eigenvalue weighted by molar-refractivity contribution is 0.102. The Kier molecular flexibility index (Phi) is 3.00. The van der Waals surface area contributed by atoms with Crippen molar-refractivity contribution in [1.29, 1.82) is 0 Å². The highest BCUT2D eigenvalue weighted by atomic mass is 16.1. The van der Waals surface area contributed by atoms with Crippen molar-refractivity contribution >= 4 is 17.4 Å². The molecular weight excluding hydrogens is 216 g/mol. The smallest absolute Gasteiger partial charge is 0.275 e. The maximum absolute atomic E-state index is 11.9. The van der Waals surface area contributed by atoms with E-state index in [0.29, 0.717) is 17.2 Å². The zero-order valence-electron chi connectivity index (χ0n) is 9.34. The monoisotopic (exact) mass is 228 g/mol. The Balaban J connectivity index is 2.17. The molecule has 2 aromatic heterocycles. The number of amides is 1. The van der Waals surface area contributed by atoms with Gasteiger partial charge in [-0.05, 0) is 30.7 Å². The van der Waals surface area contributed by atoms with Gasteiger partial charge in [-0.1, -0.05) is 6.07 Å². The van der Waals surface area contributed by atoms with Crippen LogP contribution in [0.1, 0.15) is 16.1 Å². The number of aryl methyl sites for hydroxylation is 1. The van der Waals surface area contributed by atoms with Crippen LogP contribution in [0.25, 0.3) is 0 Å². The summed E-state index contributed by atoms with van der Waals surface area (Å²) in [7, 11) is 0. The van der Waals surface area contributed by atoms with E-state index in [0.717, 1.165) is 5.56 Å². The third-order valence-electron chi connectivity index (χ3n) is 2.25. The molecule has 0 aliphatic heterocycles. The molecule has 0 unspecified atom stereocenters. The molecule has 2 aromatic rings. The van der Waals surface area contributed by atoms with Crippen LogP contribution in [0, 0.1) is 6.92 Å². The van der Waals surface area contributed by atoms with Gasteiger partial charge < -0.3 is 11.1 Å². The van der Waals surface area contributed by atoms with E-state index < -0.39 is 0 Å². The molecule has 2 heterocycles. The average Bonchev–Trinajstić information content (AvgIpc) is 2.32. The van der Waals surface area contributed by atoms with Gasteiger partial charge >= 0.3 is 0 Å². The Hall–Kier alpha value is -2.43. The molecule has 0 radical (unpaired) electrons. The second kappa shape index (κ2) is 4.61. The second-order valence-corrected chi connectivity index (χ2v) is 3.60. The van der Waals surface area contributed by atoms with Gasteiger partial charge in [0, 0.05) is 6.20 Å². The largest absolute Gasteiger partial charge is 0.397 e. The summed E-state index contributed by atoms with van der Waals surface area (Å²) >= 11 is 0. The van der Waals surface area contributed by atoms with Gasteiger partial charge in [0.25, 0.3) is 5.91 Å². The van der Waals surface area contributed by atoms with Gasteiger partial charge in [0.05, 0.1) is 11.9 Å². The molecule has 0 saturated carbocycles. The summed E-state index contributed by atoms with van der Waals surface area (Å²) in [6.45, 7) is 1.83. The third-order valence-corrected chi connectivity index (χ3v) is 2.25. The fourth-order valence-electron chi connectivity index (χ4n) is 1.38. The van der Waals surface area contributed by atoms with E-state index in [9.17, 15) is 4.79 Å². The highest BCUT2D eigenvalue weighted by Crippen LogP contribution is 2.09.